The second kappa shape index (κ2) is 7.33. The SMILES string of the molecule is CC.Cc1cccc(C(C)OI)c1. The van der Waals surface area contributed by atoms with E-state index >= 15 is 0 Å². The highest BCUT2D eigenvalue weighted by Gasteiger charge is 2.02. The molecule has 0 radical (unpaired) electrons. The summed E-state index contributed by atoms with van der Waals surface area (Å²) in [5.74, 6) is 0. The Balaban J connectivity index is 0.000000671. The molecule has 0 bridgehead atoms. The summed E-state index contributed by atoms with van der Waals surface area (Å²) < 4.78 is 5.16. The van der Waals surface area contributed by atoms with Crippen molar-refractivity contribution in [2.24, 2.45) is 0 Å². The minimum atomic E-state index is 0.190. The van der Waals surface area contributed by atoms with Gasteiger partial charge in [0.15, 0.2) is 0 Å². The van der Waals surface area contributed by atoms with Crippen LogP contribution < -0.4 is 0 Å². The molecule has 13 heavy (non-hydrogen) atoms. The van der Waals surface area contributed by atoms with Crippen LogP contribution in [0.4, 0.5) is 0 Å². The van der Waals surface area contributed by atoms with Crippen LogP contribution in [0.2, 0.25) is 0 Å². The molecule has 0 aliphatic rings. The van der Waals surface area contributed by atoms with E-state index in [1.54, 1.807) is 0 Å². The summed E-state index contributed by atoms with van der Waals surface area (Å²) in [6.07, 6.45) is 0.190. The van der Waals surface area contributed by atoms with Gasteiger partial charge < -0.3 is 3.07 Å². The average molecular weight is 292 g/mol. The van der Waals surface area contributed by atoms with Crippen molar-refractivity contribution in [3.63, 3.8) is 0 Å². The molecule has 0 spiro atoms. The van der Waals surface area contributed by atoms with Crippen LogP contribution in [0.25, 0.3) is 0 Å². The van der Waals surface area contributed by atoms with Crippen LogP contribution in [0, 0.1) is 6.92 Å². The van der Waals surface area contributed by atoms with Crippen molar-refractivity contribution in [3.8, 4) is 0 Å². The summed E-state index contributed by atoms with van der Waals surface area (Å²) in [7, 11) is 0. The van der Waals surface area contributed by atoms with E-state index < -0.39 is 0 Å². The van der Waals surface area contributed by atoms with Crippen molar-refractivity contribution in [2.45, 2.75) is 33.8 Å². The fourth-order valence-corrected chi connectivity index (χ4v) is 1.27. The molecule has 2 heteroatoms. The molecule has 0 aliphatic carbocycles. The van der Waals surface area contributed by atoms with Crippen molar-refractivity contribution in [1.82, 2.24) is 0 Å². The third kappa shape index (κ3) is 4.62. The largest absolute Gasteiger partial charge is 0.308 e. The molecule has 1 rings (SSSR count). The van der Waals surface area contributed by atoms with Gasteiger partial charge in [-0.05, 0) is 19.4 Å². The standard InChI is InChI=1S/C9H11IO.C2H6/c1-7-4-3-5-9(6-7)8(2)11-10;1-2/h3-6,8H,1-2H3;1-2H3. The first-order valence-electron chi connectivity index (χ1n) is 4.58. The zero-order valence-electron chi connectivity index (χ0n) is 8.67. The van der Waals surface area contributed by atoms with Crippen LogP contribution in [-0.2, 0) is 3.07 Å². The second-order valence-corrected chi connectivity index (χ2v) is 3.15. The van der Waals surface area contributed by atoms with Crippen molar-refractivity contribution in [1.29, 1.82) is 0 Å². The lowest BCUT2D eigenvalue weighted by Crippen LogP contribution is -1.91. The fourth-order valence-electron chi connectivity index (χ4n) is 0.974. The normalized spacial score (nSPS) is 11.5. The quantitative estimate of drug-likeness (QED) is 0.732. The molecule has 74 valence electrons. The lowest BCUT2D eigenvalue weighted by Gasteiger charge is -2.07. The molecule has 0 N–H and O–H groups in total. The first kappa shape index (κ1) is 12.9. The molecule has 0 heterocycles. The lowest BCUT2D eigenvalue weighted by molar-refractivity contribution is 0.318. The molecular weight excluding hydrogens is 275 g/mol. The molecule has 1 aromatic carbocycles. The number of rotatable bonds is 2. The predicted molar refractivity (Wildman–Crippen MR) is 66.0 cm³/mol. The maximum absolute atomic E-state index is 5.16. The van der Waals surface area contributed by atoms with E-state index in [0.717, 1.165) is 0 Å². The van der Waals surface area contributed by atoms with Crippen molar-refractivity contribution in [2.75, 3.05) is 0 Å². The van der Waals surface area contributed by atoms with Crippen LogP contribution in [0.5, 0.6) is 0 Å². The van der Waals surface area contributed by atoms with Crippen molar-refractivity contribution in [3.05, 3.63) is 35.4 Å². The minimum absolute atomic E-state index is 0.190. The Bertz CT molecular complexity index is 235. The summed E-state index contributed by atoms with van der Waals surface area (Å²) >= 11 is 1.93. The van der Waals surface area contributed by atoms with E-state index in [1.807, 2.05) is 43.8 Å². The Kier molecular flexibility index (Phi) is 7.28. The fraction of sp³-hybridized carbons (Fsp3) is 0.455. The van der Waals surface area contributed by atoms with E-state index in [0.29, 0.717) is 0 Å². The van der Waals surface area contributed by atoms with Crippen molar-refractivity contribution >= 4 is 23.0 Å². The Morgan fingerprint density at radius 2 is 1.92 bits per heavy atom. The molecule has 0 aromatic heterocycles. The number of hydrogen-bond donors (Lipinski definition) is 0. The molecule has 0 amide bonds. The smallest absolute Gasteiger partial charge is 0.110 e. The first-order valence-corrected chi connectivity index (χ1v) is 5.46. The van der Waals surface area contributed by atoms with Gasteiger partial charge in [0.25, 0.3) is 0 Å². The van der Waals surface area contributed by atoms with Gasteiger partial charge in [0.05, 0.1) is 6.10 Å². The van der Waals surface area contributed by atoms with E-state index in [4.69, 9.17) is 3.07 Å². The molecule has 0 saturated carbocycles. The van der Waals surface area contributed by atoms with Crippen LogP contribution >= 0.6 is 23.0 Å². The minimum Gasteiger partial charge on any atom is -0.308 e. The maximum Gasteiger partial charge on any atom is 0.110 e. The maximum atomic E-state index is 5.16. The number of aryl methyl sites for hydroxylation is 1. The van der Waals surface area contributed by atoms with E-state index in [2.05, 4.69) is 31.2 Å². The number of halogens is 1. The van der Waals surface area contributed by atoms with Gasteiger partial charge in [0, 0.05) is 0 Å². The van der Waals surface area contributed by atoms with Gasteiger partial charge in [-0.15, -0.1) is 0 Å². The molecule has 1 nitrogen and oxygen atoms in total. The van der Waals surface area contributed by atoms with Gasteiger partial charge in [0.2, 0.25) is 0 Å². The van der Waals surface area contributed by atoms with Gasteiger partial charge in [-0.3, -0.25) is 0 Å². The van der Waals surface area contributed by atoms with Crippen LogP contribution in [0.3, 0.4) is 0 Å². The highest BCUT2D eigenvalue weighted by molar-refractivity contribution is 14.1. The summed E-state index contributed by atoms with van der Waals surface area (Å²) in [4.78, 5) is 0. The third-order valence-electron chi connectivity index (χ3n) is 1.65. The van der Waals surface area contributed by atoms with Crippen LogP contribution in [0.1, 0.15) is 38.0 Å². The molecule has 0 aliphatic heterocycles. The van der Waals surface area contributed by atoms with E-state index in [1.165, 1.54) is 11.1 Å². The number of benzene rings is 1. The molecule has 1 aromatic rings. The Morgan fingerprint density at radius 3 is 2.38 bits per heavy atom. The van der Waals surface area contributed by atoms with Crippen LogP contribution in [-0.4, -0.2) is 0 Å². The van der Waals surface area contributed by atoms with Gasteiger partial charge in [-0.2, -0.15) is 0 Å². The van der Waals surface area contributed by atoms with Gasteiger partial charge >= 0.3 is 0 Å². The van der Waals surface area contributed by atoms with Crippen LogP contribution in [0.15, 0.2) is 24.3 Å². The Hall–Kier alpha value is -0.0900. The second-order valence-electron chi connectivity index (χ2n) is 2.65. The summed E-state index contributed by atoms with van der Waals surface area (Å²) in [6, 6.07) is 8.36. The molecule has 0 fully saturated rings. The summed E-state index contributed by atoms with van der Waals surface area (Å²) in [6.45, 7) is 8.13. The zero-order valence-corrected chi connectivity index (χ0v) is 10.8. The topological polar surface area (TPSA) is 9.23 Å². The molecule has 0 saturated heterocycles. The summed E-state index contributed by atoms with van der Waals surface area (Å²) in [5.41, 5.74) is 2.52. The highest BCUT2D eigenvalue weighted by Crippen LogP contribution is 2.19. The Morgan fingerprint density at radius 1 is 1.31 bits per heavy atom. The lowest BCUT2D eigenvalue weighted by atomic mass is 10.1. The summed E-state index contributed by atoms with van der Waals surface area (Å²) in [5, 5.41) is 0. The van der Waals surface area contributed by atoms with E-state index in [-0.39, 0.29) is 6.10 Å². The highest BCUT2D eigenvalue weighted by atomic mass is 127. The van der Waals surface area contributed by atoms with Crippen molar-refractivity contribution < 1.29 is 3.07 Å². The monoisotopic (exact) mass is 292 g/mol. The third-order valence-corrected chi connectivity index (χ3v) is 2.41. The number of hydrogen-bond acceptors (Lipinski definition) is 1. The first-order chi connectivity index (χ1) is 6.24. The predicted octanol–water partition coefficient (Wildman–Crippen LogP) is 4.45. The molecular formula is C11H17IO. The van der Waals surface area contributed by atoms with E-state index in [9.17, 15) is 0 Å². The van der Waals surface area contributed by atoms with Gasteiger partial charge in [-0.25, -0.2) is 0 Å². The Labute approximate surface area is 95.2 Å². The van der Waals surface area contributed by atoms with Gasteiger partial charge in [0.1, 0.15) is 23.0 Å². The van der Waals surface area contributed by atoms with Gasteiger partial charge in [-0.1, -0.05) is 43.7 Å². The molecule has 1 atom stereocenters. The zero-order chi connectivity index (χ0) is 10.3. The molecule has 1 unspecified atom stereocenters. The average Bonchev–Trinajstić information content (AvgIpc) is 2.20.